The van der Waals surface area contributed by atoms with E-state index in [-0.39, 0.29) is 23.2 Å². The molecular weight excluding hydrogens is 487 g/mol. The average Bonchev–Trinajstić information content (AvgIpc) is 3.25. The predicted molar refractivity (Wildman–Crippen MR) is 131 cm³/mol. The Kier molecular flexibility index (Phi) is 6.87. The molecule has 0 spiro atoms. The van der Waals surface area contributed by atoms with Gasteiger partial charge in [0.25, 0.3) is 0 Å². The molecule has 0 bridgehead atoms. The number of carboxylic acid groups (broad SMARTS) is 1. The van der Waals surface area contributed by atoms with Crippen molar-refractivity contribution in [1.82, 2.24) is 19.7 Å². The molecule has 0 saturated heterocycles. The van der Waals surface area contributed by atoms with Crippen molar-refractivity contribution in [2.45, 2.75) is 20.0 Å². The summed E-state index contributed by atoms with van der Waals surface area (Å²) in [4.78, 5) is 31.4. The number of aliphatic carboxylic acids is 1. The number of Topliss-reactive ketones (excluding diaryl/α,β-unsaturated/α-hetero) is 1. The molecular formula is C26H20F3N5O3. The van der Waals surface area contributed by atoms with Gasteiger partial charge in [-0.3, -0.25) is 4.79 Å². The van der Waals surface area contributed by atoms with E-state index in [0.29, 0.717) is 27.9 Å². The molecule has 0 atom stereocenters. The molecule has 188 valence electrons. The second kappa shape index (κ2) is 10.1. The van der Waals surface area contributed by atoms with Crippen LogP contribution in [0.1, 0.15) is 34.2 Å². The number of hydrogen-bond acceptors (Lipinski definition) is 6. The third kappa shape index (κ3) is 5.89. The van der Waals surface area contributed by atoms with E-state index in [1.165, 1.54) is 26.1 Å². The highest BCUT2D eigenvalue weighted by molar-refractivity contribution is 5.95. The molecule has 0 aliphatic carbocycles. The standard InChI is InChI=1S/C26H20F3N5O3/c1-15-11-22(26(27,28)29)33-34(15)24-21(19-7-3-5-17(12-19)9-10-23(36)37)14-30-25(32-24)31-20-8-4-6-18(13-20)16(2)35/h3-14H,1-2H3,(H,36,37)(H,30,31,32)/b10-9+. The maximum absolute atomic E-state index is 13.4. The van der Waals surface area contributed by atoms with Crippen LogP contribution in [0.5, 0.6) is 0 Å². The molecule has 8 nitrogen and oxygen atoms in total. The Bertz CT molecular complexity index is 1530. The van der Waals surface area contributed by atoms with Crippen molar-refractivity contribution in [2.75, 3.05) is 5.32 Å². The lowest BCUT2D eigenvalue weighted by Gasteiger charge is -2.13. The maximum atomic E-state index is 13.4. The number of benzene rings is 2. The minimum atomic E-state index is -4.65. The molecule has 2 aromatic heterocycles. The normalized spacial score (nSPS) is 11.6. The van der Waals surface area contributed by atoms with Crippen LogP contribution in [0.2, 0.25) is 0 Å². The zero-order valence-electron chi connectivity index (χ0n) is 19.6. The Hall–Kier alpha value is -4.80. The molecule has 2 aromatic carbocycles. The first-order valence-corrected chi connectivity index (χ1v) is 10.9. The Morgan fingerprint density at radius 3 is 2.51 bits per heavy atom. The van der Waals surface area contributed by atoms with Gasteiger partial charge in [-0.1, -0.05) is 30.3 Å². The lowest BCUT2D eigenvalue weighted by molar-refractivity contribution is -0.141. The fourth-order valence-electron chi connectivity index (χ4n) is 3.55. The summed E-state index contributed by atoms with van der Waals surface area (Å²) in [5, 5.41) is 15.6. The van der Waals surface area contributed by atoms with Gasteiger partial charge in [0.05, 0.1) is 0 Å². The lowest BCUT2D eigenvalue weighted by Crippen LogP contribution is -2.10. The van der Waals surface area contributed by atoms with Crippen molar-refractivity contribution in [2.24, 2.45) is 0 Å². The first-order valence-electron chi connectivity index (χ1n) is 10.9. The van der Waals surface area contributed by atoms with Gasteiger partial charge in [0, 0.05) is 34.8 Å². The number of nitrogens with one attached hydrogen (secondary N) is 1. The number of rotatable bonds is 7. The molecule has 0 fully saturated rings. The van der Waals surface area contributed by atoms with E-state index >= 15 is 0 Å². The number of carboxylic acids is 1. The van der Waals surface area contributed by atoms with E-state index in [4.69, 9.17) is 5.11 Å². The molecule has 4 aromatic rings. The SMILES string of the molecule is CC(=O)c1cccc(Nc2ncc(-c3cccc(/C=C/C(=O)O)c3)c(-n3nc(C(F)(F)F)cc3C)n2)c1. The molecule has 0 aliphatic heterocycles. The van der Waals surface area contributed by atoms with Gasteiger partial charge < -0.3 is 10.4 Å². The summed E-state index contributed by atoms with van der Waals surface area (Å²) in [6, 6.07) is 14.3. The lowest BCUT2D eigenvalue weighted by atomic mass is 10.0. The van der Waals surface area contributed by atoms with E-state index in [2.05, 4.69) is 20.4 Å². The summed E-state index contributed by atoms with van der Waals surface area (Å²) in [6.45, 7) is 2.91. The number of halogens is 3. The number of anilines is 2. The number of nitrogens with zero attached hydrogens (tertiary/aromatic N) is 4. The van der Waals surface area contributed by atoms with Gasteiger partial charge in [-0.05, 0) is 55.3 Å². The van der Waals surface area contributed by atoms with Gasteiger partial charge in [0.15, 0.2) is 17.3 Å². The Morgan fingerprint density at radius 1 is 1.08 bits per heavy atom. The summed E-state index contributed by atoms with van der Waals surface area (Å²) in [5.41, 5.74) is 1.56. The van der Waals surface area contributed by atoms with Crippen molar-refractivity contribution in [1.29, 1.82) is 0 Å². The Morgan fingerprint density at radius 2 is 1.84 bits per heavy atom. The maximum Gasteiger partial charge on any atom is 0.435 e. The number of carbonyl (C=O) groups excluding carboxylic acids is 1. The van der Waals surface area contributed by atoms with Crippen LogP contribution < -0.4 is 5.32 Å². The zero-order chi connectivity index (χ0) is 26.7. The number of carbonyl (C=O) groups is 2. The van der Waals surface area contributed by atoms with E-state index in [0.717, 1.165) is 16.8 Å². The summed E-state index contributed by atoms with van der Waals surface area (Å²) >= 11 is 0. The molecule has 0 aliphatic rings. The van der Waals surface area contributed by atoms with Crippen LogP contribution in [-0.2, 0) is 11.0 Å². The van der Waals surface area contributed by atoms with Crippen LogP contribution in [0.15, 0.2) is 66.9 Å². The zero-order valence-corrected chi connectivity index (χ0v) is 19.6. The van der Waals surface area contributed by atoms with Gasteiger partial charge in [-0.15, -0.1) is 0 Å². The molecule has 2 N–H and O–H groups in total. The summed E-state index contributed by atoms with van der Waals surface area (Å²) in [5.74, 6) is -1.10. The second-order valence-electron chi connectivity index (χ2n) is 8.07. The molecule has 2 heterocycles. The van der Waals surface area contributed by atoms with Gasteiger partial charge in [0.1, 0.15) is 0 Å². The van der Waals surface area contributed by atoms with Crippen LogP contribution in [0.4, 0.5) is 24.8 Å². The minimum absolute atomic E-state index is 0.0739. The minimum Gasteiger partial charge on any atom is -0.478 e. The quantitative estimate of drug-likeness (QED) is 0.244. The molecule has 0 unspecified atom stereocenters. The number of ketones is 1. The predicted octanol–water partition coefficient (Wildman–Crippen LogP) is 5.70. The van der Waals surface area contributed by atoms with Crippen molar-refractivity contribution in [3.05, 3.63) is 89.4 Å². The molecule has 0 radical (unpaired) electrons. The third-order valence-corrected chi connectivity index (χ3v) is 5.29. The van der Waals surface area contributed by atoms with Crippen LogP contribution in [0.3, 0.4) is 0 Å². The molecule has 37 heavy (non-hydrogen) atoms. The van der Waals surface area contributed by atoms with Crippen LogP contribution in [0.25, 0.3) is 23.0 Å². The average molecular weight is 507 g/mol. The number of hydrogen-bond donors (Lipinski definition) is 2. The summed E-state index contributed by atoms with van der Waals surface area (Å²) in [6.07, 6.45) is -0.843. The van der Waals surface area contributed by atoms with Crippen LogP contribution in [-0.4, -0.2) is 36.6 Å². The smallest absolute Gasteiger partial charge is 0.435 e. The highest BCUT2D eigenvalue weighted by Gasteiger charge is 2.35. The summed E-state index contributed by atoms with van der Waals surface area (Å²) in [7, 11) is 0. The van der Waals surface area contributed by atoms with Crippen LogP contribution in [0, 0.1) is 6.92 Å². The largest absolute Gasteiger partial charge is 0.478 e. The highest BCUT2D eigenvalue weighted by atomic mass is 19.4. The van der Waals surface area contributed by atoms with Crippen molar-refractivity contribution in [3.63, 3.8) is 0 Å². The molecule has 11 heteroatoms. The topological polar surface area (TPSA) is 110 Å². The monoisotopic (exact) mass is 507 g/mol. The number of aromatic nitrogens is 4. The van der Waals surface area contributed by atoms with Crippen molar-refractivity contribution in [3.8, 4) is 16.9 Å². The first kappa shape index (κ1) is 25.3. The Balaban J connectivity index is 1.84. The molecule has 4 rings (SSSR count). The van der Waals surface area contributed by atoms with E-state index in [9.17, 15) is 22.8 Å². The molecule has 0 amide bonds. The van der Waals surface area contributed by atoms with Crippen LogP contribution >= 0.6 is 0 Å². The van der Waals surface area contributed by atoms with Gasteiger partial charge >= 0.3 is 12.1 Å². The van der Waals surface area contributed by atoms with Crippen molar-refractivity contribution >= 4 is 29.5 Å². The first-order chi connectivity index (χ1) is 17.5. The fourth-order valence-corrected chi connectivity index (χ4v) is 3.55. The van der Waals surface area contributed by atoms with Gasteiger partial charge in [-0.25, -0.2) is 14.5 Å². The number of aryl methyl sites for hydroxylation is 1. The molecule has 0 saturated carbocycles. The number of alkyl halides is 3. The van der Waals surface area contributed by atoms with E-state index in [1.807, 2.05) is 0 Å². The fraction of sp³-hybridized carbons (Fsp3) is 0.115. The van der Waals surface area contributed by atoms with E-state index < -0.39 is 17.8 Å². The summed E-state index contributed by atoms with van der Waals surface area (Å²) < 4.78 is 41.2. The van der Waals surface area contributed by atoms with Gasteiger partial charge in [-0.2, -0.15) is 23.3 Å². The van der Waals surface area contributed by atoms with E-state index in [1.54, 1.807) is 48.5 Å². The highest BCUT2D eigenvalue weighted by Crippen LogP contribution is 2.32. The van der Waals surface area contributed by atoms with Gasteiger partial charge in [0.2, 0.25) is 5.95 Å². The Labute approximate surface area is 209 Å². The third-order valence-electron chi connectivity index (χ3n) is 5.29. The van der Waals surface area contributed by atoms with Crippen molar-refractivity contribution < 1.29 is 27.9 Å². The second-order valence-corrected chi connectivity index (χ2v) is 8.07.